The number of hydrogen-bond acceptors (Lipinski definition) is 4. The van der Waals surface area contributed by atoms with Gasteiger partial charge in [0.05, 0.1) is 16.0 Å². The van der Waals surface area contributed by atoms with E-state index in [2.05, 4.69) is 0 Å². The van der Waals surface area contributed by atoms with Crippen LogP contribution in [0.2, 0.25) is 5.02 Å². The second kappa shape index (κ2) is 5.79. The Morgan fingerprint density at radius 3 is 2.76 bits per heavy atom. The zero-order chi connectivity index (χ0) is 13.0. The summed E-state index contributed by atoms with van der Waals surface area (Å²) >= 11 is 5.59. The van der Waals surface area contributed by atoms with Crippen LogP contribution >= 0.6 is 11.6 Å². The van der Waals surface area contributed by atoms with Crippen LogP contribution in [0.1, 0.15) is 6.42 Å². The molecule has 1 rings (SSSR count). The number of aliphatic hydroxyl groups is 1. The molecule has 0 spiro atoms. The van der Waals surface area contributed by atoms with Crippen LogP contribution in [0.5, 0.6) is 0 Å². The van der Waals surface area contributed by atoms with Gasteiger partial charge in [0, 0.05) is 20.2 Å². The van der Waals surface area contributed by atoms with Crippen molar-refractivity contribution < 1.29 is 14.4 Å². The lowest BCUT2D eigenvalue weighted by molar-refractivity contribution is -0.384. The van der Waals surface area contributed by atoms with Crippen LogP contribution < -0.4 is 4.90 Å². The summed E-state index contributed by atoms with van der Waals surface area (Å²) in [7, 11) is 1.62. The monoisotopic (exact) mass is 262 g/mol. The van der Waals surface area contributed by atoms with Gasteiger partial charge < -0.3 is 10.0 Å². The average molecular weight is 263 g/mol. The third-order valence-electron chi connectivity index (χ3n) is 2.28. The molecular formula is C10H12ClFN2O3. The predicted octanol–water partition coefficient (Wildman–Crippen LogP) is 2.21. The molecule has 0 heterocycles. The molecule has 1 aromatic rings. The van der Waals surface area contributed by atoms with Crippen molar-refractivity contribution in [2.45, 2.75) is 6.42 Å². The minimum absolute atomic E-state index is 0.0208. The number of nitro benzene ring substituents is 1. The number of rotatable bonds is 5. The highest BCUT2D eigenvalue weighted by atomic mass is 35.5. The SMILES string of the molecule is CN(CCCO)c1cc(Cl)c(F)cc1[N+](=O)[O-]. The van der Waals surface area contributed by atoms with Gasteiger partial charge >= 0.3 is 0 Å². The van der Waals surface area contributed by atoms with E-state index in [1.54, 1.807) is 11.9 Å². The Morgan fingerprint density at radius 2 is 2.24 bits per heavy atom. The maximum absolute atomic E-state index is 13.1. The number of nitrogens with zero attached hydrogens (tertiary/aromatic N) is 2. The quantitative estimate of drug-likeness (QED) is 0.653. The third kappa shape index (κ3) is 3.28. The van der Waals surface area contributed by atoms with Gasteiger partial charge in [0.15, 0.2) is 0 Å². The predicted molar refractivity (Wildman–Crippen MR) is 63.0 cm³/mol. The largest absolute Gasteiger partial charge is 0.396 e. The van der Waals surface area contributed by atoms with Gasteiger partial charge in [-0.15, -0.1) is 0 Å². The van der Waals surface area contributed by atoms with E-state index in [0.717, 1.165) is 6.07 Å². The number of anilines is 1. The lowest BCUT2D eigenvalue weighted by Gasteiger charge is -2.18. The fourth-order valence-corrected chi connectivity index (χ4v) is 1.56. The zero-order valence-corrected chi connectivity index (χ0v) is 9.95. The second-order valence-electron chi connectivity index (χ2n) is 3.51. The van der Waals surface area contributed by atoms with E-state index in [1.165, 1.54) is 6.07 Å². The van der Waals surface area contributed by atoms with Crippen molar-refractivity contribution in [3.05, 3.63) is 33.1 Å². The number of aliphatic hydroxyl groups excluding tert-OH is 1. The summed E-state index contributed by atoms with van der Waals surface area (Å²) in [6.07, 6.45) is 0.461. The first kappa shape index (κ1) is 13.7. The molecule has 0 unspecified atom stereocenters. The average Bonchev–Trinajstić information content (AvgIpc) is 2.28. The van der Waals surface area contributed by atoms with Crippen LogP contribution in [0.4, 0.5) is 15.8 Å². The van der Waals surface area contributed by atoms with Crippen LogP contribution in [0.15, 0.2) is 12.1 Å². The van der Waals surface area contributed by atoms with E-state index >= 15 is 0 Å². The molecule has 0 aliphatic rings. The summed E-state index contributed by atoms with van der Waals surface area (Å²) in [5.41, 5.74) is -0.109. The highest BCUT2D eigenvalue weighted by Gasteiger charge is 2.20. The van der Waals surface area contributed by atoms with E-state index in [-0.39, 0.29) is 23.0 Å². The Hall–Kier alpha value is -1.40. The van der Waals surface area contributed by atoms with Gasteiger partial charge in [0.2, 0.25) is 0 Å². The summed E-state index contributed by atoms with van der Waals surface area (Å²) in [6, 6.07) is 2.01. The van der Waals surface area contributed by atoms with E-state index < -0.39 is 10.7 Å². The molecule has 0 bridgehead atoms. The van der Waals surface area contributed by atoms with Gasteiger partial charge in [-0.25, -0.2) is 4.39 Å². The fraction of sp³-hybridized carbons (Fsp3) is 0.400. The molecule has 94 valence electrons. The van der Waals surface area contributed by atoms with E-state index in [9.17, 15) is 14.5 Å². The lowest BCUT2D eigenvalue weighted by atomic mass is 10.2. The number of nitro groups is 1. The molecular weight excluding hydrogens is 251 g/mol. The van der Waals surface area contributed by atoms with Crippen molar-refractivity contribution in [3.63, 3.8) is 0 Å². The van der Waals surface area contributed by atoms with Gasteiger partial charge in [-0.05, 0) is 12.5 Å². The lowest BCUT2D eigenvalue weighted by Crippen LogP contribution is -2.20. The molecule has 0 fully saturated rings. The van der Waals surface area contributed by atoms with E-state index in [1.807, 2.05) is 0 Å². The summed E-state index contributed by atoms with van der Waals surface area (Å²) in [5.74, 6) is -0.822. The van der Waals surface area contributed by atoms with Crippen LogP contribution in [0, 0.1) is 15.9 Å². The van der Waals surface area contributed by atoms with Crippen molar-refractivity contribution in [2.75, 3.05) is 25.1 Å². The van der Waals surface area contributed by atoms with Gasteiger partial charge in [-0.1, -0.05) is 11.6 Å². The minimum Gasteiger partial charge on any atom is -0.396 e. The van der Waals surface area contributed by atoms with Crippen molar-refractivity contribution in [1.82, 2.24) is 0 Å². The summed E-state index contributed by atoms with van der Waals surface area (Å²) in [4.78, 5) is 11.7. The van der Waals surface area contributed by atoms with Gasteiger partial charge in [-0.3, -0.25) is 10.1 Å². The van der Waals surface area contributed by atoms with Crippen LogP contribution in [-0.4, -0.2) is 30.2 Å². The standard InChI is InChI=1S/C10H12ClFN2O3/c1-13(3-2-4-15)9-5-7(11)8(12)6-10(9)14(16)17/h5-6,15H,2-4H2,1H3. The first-order valence-corrected chi connectivity index (χ1v) is 5.30. The highest BCUT2D eigenvalue weighted by molar-refractivity contribution is 6.31. The van der Waals surface area contributed by atoms with Crippen LogP contribution in [-0.2, 0) is 0 Å². The Morgan fingerprint density at radius 1 is 1.59 bits per heavy atom. The number of hydrogen-bond donors (Lipinski definition) is 1. The topological polar surface area (TPSA) is 66.6 Å². The first-order chi connectivity index (χ1) is 7.97. The molecule has 0 aliphatic heterocycles. The smallest absolute Gasteiger partial charge is 0.295 e. The maximum atomic E-state index is 13.1. The molecule has 5 nitrogen and oxygen atoms in total. The number of benzene rings is 1. The first-order valence-electron chi connectivity index (χ1n) is 4.92. The van der Waals surface area contributed by atoms with Crippen molar-refractivity contribution in [2.24, 2.45) is 0 Å². The molecule has 1 N–H and O–H groups in total. The normalized spacial score (nSPS) is 10.4. The number of halogens is 2. The van der Waals surface area contributed by atoms with Crippen LogP contribution in [0.25, 0.3) is 0 Å². The van der Waals surface area contributed by atoms with Crippen molar-refractivity contribution in [1.29, 1.82) is 0 Å². The van der Waals surface area contributed by atoms with E-state index in [0.29, 0.717) is 13.0 Å². The molecule has 0 amide bonds. The molecule has 0 saturated heterocycles. The summed E-state index contributed by atoms with van der Waals surface area (Å²) in [5, 5.41) is 19.3. The van der Waals surface area contributed by atoms with Gasteiger partial charge in [0.25, 0.3) is 5.69 Å². The molecule has 7 heteroatoms. The molecule has 17 heavy (non-hydrogen) atoms. The Bertz CT molecular complexity index is 428. The molecule has 1 aromatic carbocycles. The van der Waals surface area contributed by atoms with E-state index in [4.69, 9.17) is 16.7 Å². The summed E-state index contributed by atoms with van der Waals surface area (Å²) in [6.45, 7) is 0.395. The molecule has 0 atom stereocenters. The van der Waals surface area contributed by atoms with Crippen molar-refractivity contribution in [3.8, 4) is 0 Å². The van der Waals surface area contributed by atoms with Crippen molar-refractivity contribution >= 4 is 23.0 Å². The zero-order valence-electron chi connectivity index (χ0n) is 9.19. The van der Waals surface area contributed by atoms with Crippen LogP contribution in [0.3, 0.4) is 0 Å². The molecule has 0 radical (unpaired) electrons. The fourth-order valence-electron chi connectivity index (χ4n) is 1.41. The third-order valence-corrected chi connectivity index (χ3v) is 2.57. The van der Waals surface area contributed by atoms with Gasteiger partial charge in [-0.2, -0.15) is 0 Å². The van der Waals surface area contributed by atoms with Gasteiger partial charge in [0.1, 0.15) is 11.5 Å². The molecule has 0 aromatic heterocycles. The summed E-state index contributed by atoms with van der Waals surface area (Å²) < 4.78 is 13.1. The second-order valence-corrected chi connectivity index (χ2v) is 3.92. The maximum Gasteiger partial charge on any atom is 0.295 e. The Labute approximate surface area is 103 Å². The molecule has 0 saturated carbocycles. The Balaban J connectivity index is 3.11. The molecule has 0 aliphatic carbocycles. The minimum atomic E-state index is -0.822. The Kier molecular flexibility index (Phi) is 4.65. The highest BCUT2D eigenvalue weighted by Crippen LogP contribution is 2.32.